The molecule has 13 heavy (non-hydrogen) atoms. The van der Waals surface area contributed by atoms with Gasteiger partial charge in [0, 0.05) is 0 Å². The molecule has 0 radical (unpaired) electrons. The average molecular weight is 186 g/mol. The lowest BCUT2D eigenvalue weighted by Crippen LogP contribution is -2.22. The van der Waals surface area contributed by atoms with Crippen molar-refractivity contribution in [2.45, 2.75) is 47.0 Å². The van der Waals surface area contributed by atoms with E-state index in [1.165, 1.54) is 7.11 Å². The molecule has 0 aromatic rings. The van der Waals surface area contributed by atoms with E-state index >= 15 is 0 Å². The first-order valence-corrected chi connectivity index (χ1v) is 4.98. The third kappa shape index (κ3) is 5.67. The van der Waals surface area contributed by atoms with Crippen molar-refractivity contribution in [2.24, 2.45) is 11.3 Å². The maximum absolute atomic E-state index is 11.4. The van der Waals surface area contributed by atoms with Gasteiger partial charge in [-0.25, -0.2) is 0 Å². The van der Waals surface area contributed by atoms with Gasteiger partial charge in [0.05, 0.1) is 13.0 Å². The third-order valence-electron chi connectivity index (χ3n) is 2.03. The second-order valence-electron chi connectivity index (χ2n) is 4.77. The van der Waals surface area contributed by atoms with Crippen molar-refractivity contribution < 1.29 is 9.53 Å². The molecule has 0 fully saturated rings. The van der Waals surface area contributed by atoms with Crippen LogP contribution in [0.1, 0.15) is 47.0 Å². The summed E-state index contributed by atoms with van der Waals surface area (Å²) in [6, 6.07) is 0. The Morgan fingerprint density at radius 3 is 2.23 bits per heavy atom. The highest BCUT2D eigenvalue weighted by Crippen LogP contribution is 2.27. The van der Waals surface area contributed by atoms with E-state index in [9.17, 15) is 4.79 Å². The minimum absolute atomic E-state index is 0.0585. The van der Waals surface area contributed by atoms with Gasteiger partial charge in [-0.3, -0.25) is 4.79 Å². The average Bonchev–Trinajstić information content (AvgIpc) is 2.00. The summed E-state index contributed by atoms with van der Waals surface area (Å²) in [6.45, 7) is 8.55. The predicted octanol–water partition coefficient (Wildman–Crippen LogP) is 3.01. The van der Waals surface area contributed by atoms with Crippen molar-refractivity contribution in [2.75, 3.05) is 7.11 Å². The zero-order chi connectivity index (χ0) is 10.5. The van der Waals surface area contributed by atoms with E-state index in [2.05, 4.69) is 27.7 Å². The fourth-order valence-corrected chi connectivity index (χ4v) is 1.56. The molecule has 0 aromatic heterocycles. The minimum atomic E-state index is -0.0585. The molecule has 0 aliphatic heterocycles. The Bertz CT molecular complexity index is 156. The first kappa shape index (κ1) is 12.5. The standard InChI is InChI=1S/C11H22O2/c1-6-7-9(10(12)13-5)8-11(2,3)4/h9H,6-8H2,1-5H3. The Hall–Kier alpha value is -0.530. The second kappa shape index (κ2) is 5.25. The first-order valence-electron chi connectivity index (χ1n) is 4.98. The Labute approximate surface area is 81.7 Å². The molecule has 2 heteroatoms. The van der Waals surface area contributed by atoms with Gasteiger partial charge in [0.25, 0.3) is 0 Å². The van der Waals surface area contributed by atoms with Crippen LogP contribution >= 0.6 is 0 Å². The van der Waals surface area contributed by atoms with Crippen molar-refractivity contribution in [3.05, 3.63) is 0 Å². The molecule has 1 atom stereocenters. The maximum Gasteiger partial charge on any atom is 0.308 e. The van der Waals surface area contributed by atoms with E-state index in [4.69, 9.17) is 4.74 Å². The van der Waals surface area contributed by atoms with E-state index in [1.807, 2.05) is 0 Å². The van der Waals surface area contributed by atoms with Gasteiger partial charge in [-0.05, 0) is 18.3 Å². The fourth-order valence-electron chi connectivity index (χ4n) is 1.56. The van der Waals surface area contributed by atoms with E-state index < -0.39 is 0 Å². The molecule has 0 saturated heterocycles. The van der Waals surface area contributed by atoms with Crippen molar-refractivity contribution in [3.8, 4) is 0 Å². The number of carbonyl (C=O) groups is 1. The number of ether oxygens (including phenoxy) is 1. The highest BCUT2D eigenvalue weighted by Gasteiger charge is 2.24. The monoisotopic (exact) mass is 186 g/mol. The Morgan fingerprint density at radius 2 is 1.92 bits per heavy atom. The predicted molar refractivity (Wildman–Crippen MR) is 54.5 cm³/mol. The highest BCUT2D eigenvalue weighted by molar-refractivity contribution is 5.72. The van der Waals surface area contributed by atoms with Crippen LogP contribution in [0.25, 0.3) is 0 Å². The number of carbonyl (C=O) groups excluding carboxylic acids is 1. The molecule has 0 aromatic carbocycles. The van der Waals surface area contributed by atoms with Crippen LogP contribution in [-0.2, 0) is 9.53 Å². The van der Waals surface area contributed by atoms with Crippen LogP contribution in [0.5, 0.6) is 0 Å². The Morgan fingerprint density at radius 1 is 1.38 bits per heavy atom. The molecule has 78 valence electrons. The summed E-state index contributed by atoms with van der Waals surface area (Å²) >= 11 is 0. The van der Waals surface area contributed by atoms with Crippen LogP contribution in [0, 0.1) is 11.3 Å². The topological polar surface area (TPSA) is 26.3 Å². The van der Waals surface area contributed by atoms with Gasteiger partial charge < -0.3 is 4.74 Å². The second-order valence-corrected chi connectivity index (χ2v) is 4.77. The first-order chi connectivity index (χ1) is 5.90. The van der Waals surface area contributed by atoms with Gasteiger partial charge >= 0.3 is 5.97 Å². The highest BCUT2D eigenvalue weighted by atomic mass is 16.5. The van der Waals surface area contributed by atoms with E-state index in [0.717, 1.165) is 19.3 Å². The zero-order valence-corrected chi connectivity index (χ0v) is 9.52. The minimum Gasteiger partial charge on any atom is -0.469 e. The van der Waals surface area contributed by atoms with Gasteiger partial charge in [0.2, 0.25) is 0 Å². The molecule has 0 aliphatic rings. The van der Waals surface area contributed by atoms with Crippen LogP contribution in [0.2, 0.25) is 0 Å². The molecule has 0 amide bonds. The summed E-state index contributed by atoms with van der Waals surface area (Å²) in [4.78, 5) is 11.4. The number of hydrogen-bond acceptors (Lipinski definition) is 2. The normalized spacial score (nSPS) is 13.9. The van der Waals surface area contributed by atoms with Crippen LogP contribution in [0.3, 0.4) is 0 Å². The number of methoxy groups -OCH3 is 1. The van der Waals surface area contributed by atoms with E-state index in [0.29, 0.717) is 0 Å². The molecule has 0 rings (SSSR count). The molecule has 0 N–H and O–H groups in total. The Balaban J connectivity index is 4.17. The molecule has 1 unspecified atom stereocenters. The summed E-state index contributed by atoms with van der Waals surface area (Å²) in [7, 11) is 1.47. The molecule has 0 heterocycles. The van der Waals surface area contributed by atoms with E-state index in [1.54, 1.807) is 0 Å². The maximum atomic E-state index is 11.4. The van der Waals surface area contributed by atoms with Gasteiger partial charge in [-0.15, -0.1) is 0 Å². The van der Waals surface area contributed by atoms with Crippen LogP contribution in [0.4, 0.5) is 0 Å². The summed E-state index contributed by atoms with van der Waals surface area (Å²) in [5, 5.41) is 0. The van der Waals surface area contributed by atoms with E-state index in [-0.39, 0.29) is 17.3 Å². The van der Waals surface area contributed by atoms with Crippen LogP contribution < -0.4 is 0 Å². The SMILES string of the molecule is CCCC(CC(C)(C)C)C(=O)OC. The van der Waals surface area contributed by atoms with Crippen LogP contribution in [-0.4, -0.2) is 13.1 Å². The molecular weight excluding hydrogens is 164 g/mol. The third-order valence-corrected chi connectivity index (χ3v) is 2.03. The lowest BCUT2D eigenvalue weighted by Gasteiger charge is -2.23. The van der Waals surface area contributed by atoms with Gasteiger partial charge in [-0.1, -0.05) is 34.1 Å². The van der Waals surface area contributed by atoms with Gasteiger partial charge in [0.15, 0.2) is 0 Å². The van der Waals surface area contributed by atoms with Crippen molar-refractivity contribution in [1.29, 1.82) is 0 Å². The van der Waals surface area contributed by atoms with Crippen molar-refractivity contribution >= 4 is 5.97 Å². The van der Waals surface area contributed by atoms with Gasteiger partial charge in [0.1, 0.15) is 0 Å². The molecule has 0 spiro atoms. The van der Waals surface area contributed by atoms with Gasteiger partial charge in [-0.2, -0.15) is 0 Å². The lowest BCUT2D eigenvalue weighted by molar-refractivity contribution is -0.146. The molecule has 2 nitrogen and oxygen atoms in total. The lowest BCUT2D eigenvalue weighted by atomic mass is 9.83. The smallest absolute Gasteiger partial charge is 0.308 e. The summed E-state index contributed by atoms with van der Waals surface area (Å²) in [5.74, 6) is 0.0202. The summed E-state index contributed by atoms with van der Waals surface area (Å²) in [6.07, 6.45) is 2.88. The van der Waals surface area contributed by atoms with Crippen molar-refractivity contribution in [1.82, 2.24) is 0 Å². The zero-order valence-electron chi connectivity index (χ0n) is 9.52. The Kier molecular flexibility index (Phi) is 5.04. The van der Waals surface area contributed by atoms with Crippen LogP contribution in [0.15, 0.2) is 0 Å². The molecule has 0 bridgehead atoms. The molecular formula is C11H22O2. The number of esters is 1. The molecule has 0 saturated carbocycles. The largest absolute Gasteiger partial charge is 0.469 e. The quantitative estimate of drug-likeness (QED) is 0.631. The summed E-state index contributed by atoms with van der Waals surface area (Å²) in [5.41, 5.74) is 0.202. The fraction of sp³-hybridized carbons (Fsp3) is 0.909. The summed E-state index contributed by atoms with van der Waals surface area (Å²) < 4.78 is 4.77. The number of rotatable bonds is 4. The molecule has 0 aliphatic carbocycles. The number of hydrogen-bond donors (Lipinski definition) is 0. The van der Waals surface area contributed by atoms with Crippen molar-refractivity contribution in [3.63, 3.8) is 0 Å².